The molecule has 0 bridgehead atoms. The fraction of sp³-hybridized carbons (Fsp3) is 0.143. The number of alkyl halides is 1. The van der Waals surface area contributed by atoms with Crippen molar-refractivity contribution in [1.29, 1.82) is 0 Å². The Kier molecular flexibility index (Phi) is 4.56. The first-order chi connectivity index (χ1) is 9.02. The highest BCUT2D eigenvalue weighted by Crippen LogP contribution is 2.36. The molecule has 0 amide bonds. The summed E-state index contributed by atoms with van der Waals surface area (Å²) in [7, 11) is 1.54. The molecule has 2 aromatic rings. The summed E-state index contributed by atoms with van der Waals surface area (Å²) in [5.41, 5.74) is 1.40. The molecule has 0 N–H and O–H groups in total. The normalized spacial score (nSPS) is 12.3. The third kappa shape index (κ3) is 3.14. The van der Waals surface area contributed by atoms with Crippen LogP contribution in [0.5, 0.6) is 5.75 Å². The smallest absolute Gasteiger partial charge is 0.137 e. The zero-order chi connectivity index (χ0) is 14.0. The lowest BCUT2D eigenvalue weighted by Gasteiger charge is -2.13. The summed E-state index contributed by atoms with van der Waals surface area (Å²) in [4.78, 5) is 0. The van der Waals surface area contributed by atoms with Gasteiger partial charge in [0.15, 0.2) is 0 Å². The molecule has 2 rings (SSSR count). The van der Waals surface area contributed by atoms with Gasteiger partial charge in [-0.3, -0.25) is 0 Å². The number of ether oxygens (including phenoxy) is 1. The van der Waals surface area contributed by atoms with E-state index in [0.717, 1.165) is 5.56 Å². The highest BCUT2D eigenvalue weighted by molar-refractivity contribution is 6.33. The molecule has 0 fully saturated rings. The van der Waals surface area contributed by atoms with Crippen LogP contribution in [0.15, 0.2) is 36.4 Å². The predicted octanol–water partition coefficient (Wildman–Crippen LogP) is 5.47. The average molecular weight is 320 g/mol. The molecule has 1 nitrogen and oxygen atoms in total. The second kappa shape index (κ2) is 6.00. The molecule has 0 spiro atoms. The molecule has 19 heavy (non-hydrogen) atoms. The summed E-state index contributed by atoms with van der Waals surface area (Å²) in [5, 5.41) is 0.243. The monoisotopic (exact) mass is 318 g/mol. The molecule has 0 saturated heterocycles. The standard InChI is InChI=1S/C14H10Cl3FO/c1-19-13-5-2-8(6-12(13)16)14(17)10-4-3-9(18)7-11(10)15/h2-7,14H,1H3. The molecule has 1 atom stereocenters. The molecule has 0 heterocycles. The molecule has 0 aliphatic heterocycles. The summed E-state index contributed by atoms with van der Waals surface area (Å²) in [5.74, 6) is 0.171. The number of hydrogen-bond donors (Lipinski definition) is 0. The van der Waals surface area contributed by atoms with E-state index in [1.807, 2.05) is 0 Å². The van der Waals surface area contributed by atoms with E-state index in [-0.39, 0.29) is 5.02 Å². The minimum Gasteiger partial charge on any atom is -0.495 e. The fourth-order valence-corrected chi connectivity index (χ4v) is 2.65. The van der Waals surface area contributed by atoms with Crippen molar-refractivity contribution in [3.63, 3.8) is 0 Å². The third-order valence-electron chi connectivity index (χ3n) is 2.70. The summed E-state index contributed by atoms with van der Waals surface area (Å²) in [6.07, 6.45) is 0. The molecule has 0 radical (unpaired) electrons. The van der Waals surface area contributed by atoms with E-state index in [9.17, 15) is 4.39 Å². The summed E-state index contributed by atoms with van der Waals surface area (Å²) < 4.78 is 18.1. The number of methoxy groups -OCH3 is 1. The van der Waals surface area contributed by atoms with Crippen LogP contribution in [0.25, 0.3) is 0 Å². The van der Waals surface area contributed by atoms with Gasteiger partial charge in [0.1, 0.15) is 11.6 Å². The molecule has 0 aromatic heterocycles. The van der Waals surface area contributed by atoms with Crippen molar-refractivity contribution in [3.05, 3.63) is 63.4 Å². The van der Waals surface area contributed by atoms with Crippen LogP contribution in [-0.4, -0.2) is 7.11 Å². The number of benzene rings is 2. The largest absolute Gasteiger partial charge is 0.495 e. The van der Waals surface area contributed by atoms with Crippen LogP contribution in [0.4, 0.5) is 4.39 Å². The molecule has 2 aromatic carbocycles. The van der Waals surface area contributed by atoms with Crippen molar-refractivity contribution in [2.24, 2.45) is 0 Å². The van der Waals surface area contributed by atoms with Crippen LogP contribution < -0.4 is 4.74 Å². The predicted molar refractivity (Wildman–Crippen MR) is 77.1 cm³/mol. The van der Waals surface area contributed by atoms with Crippen LogP contribution in [0, 0.1) is 5.82 Å². The van der Waals surface area contributed by atoms with Crippen molar-refractivity contribution in [2.45, 2.75) is 5.38 Å². The van der Waals surface area contributed by atoms with Crippen molar-refractivity contribution in [3.8, 4) is 5.75 Å². The van der Waals surface area contributed by atoms with Gasteiger partial charge in [-0.25, -0.2) is 4.39 Å². The SMILES string of the molecule is COc1ccc(C(Cl)c2ccc(F)cc2Cl)cc1Cl. The summed E-state index contributed by atoms with van der Waals surface area (Å²) in [6.45, 7) is 0. The lowest BCUT2D eigenvalue weighted by molar-refractivity contribution is 0.415. The maximum absolute atomic E-state index is 13.0. The Morgan fingerprint density at radius 1 is 1.05 bits per heavy atom. The van der Waals surface area contributed by atoms with Crippen LogP contribution >= 0.6 is 34.8 Å². The van der Waals surface area contributed by atoms with Crippen molar-refractivity contribution >= 4 is 34.8 Å². The van der Waals surface area contributed by atoms with E-state index in [1.54, 1.807) is 24.3 Å². The number of hydrogen-bond acceptors (Lipinski definition) is 1. The average Bonchev–Trinajstić information content (AvgIpc) is 2.38. The van der Waals surface area contributed by atoms with Crippen molar-refractivity contribution in [2.75, 3.05) is 7.11 Å². The Morgan fingerprint density at radius 3 is 2.37 bits per heavy atom. The molecular formula is C14H10Cl3FO. The number of rotatable bonds is 3. The molecular weight excluding hydrogens is 310 g/mol. The molecule has 0 aliphatic carbocycles. The Morgan fingerprint density at radius 2 is 1.79 bits per heavy atom. The first-order valence-corrected chi connectivity index (χ1v) is 6.64. The van der Waals surface area contributed by atoms with Gasteiger partial charge in [0.05, 0.1) is 17.5 Å². The Bertz CT molecular complexity index is 601. The van der Waals surface area contributed by atoms with Gasteiger partial charge in [-0.15, -0.1) is 11.6 Å². The van der Waals surface area contributed by atoms with Gasteiger partial charge in [-0.05, 0) is 35.4 Å². The van der Waals surface area contributed by atoms with Gasteiger partial charge in [0.2, 0.25) is 0 Å². The molecule has 0 saturated carbocycles. The zero-order valence-electron chi connectivity index (χ0n) is 9.96. The van der Waals surface area contributed by atoms with E-state index in [4.69, 9.17) is 39.5 Å². The second-order valence-corrected chi connectivity index (χ2v) is 5.17. The maximum Gasteiger partial charge on any atom is 0.137 e. The van der Waals surface area contributed by atoms with Gasteiger partial charge >= 0.3 is 0 Å². The zero-order valence-corrected chi connectivity index (χ0v) is 12.2. The highest BCUT2D eigenvalue weighted by atomic mass is 35.5. The van der Waals surface area contributed by atoms with Crippen LogP contribution in [0.1, 0.15) is 16.5 Å². The van der Waals surface area contributed by atoms with Crippen LogP contribution in [0.3, 0.4) is 0 Å². The second-order valence-electron chi connectivity index (χ2n) is 3.92. The summed E-state index contributed by atoms with van der Waals surface area (Å²) >= 11 is 18.4. The van der Waals surface area contributed by atoms with Crippen molar-refractivity contribution in [1.82, 2.24) is 0 Å². The van der Waals surface area contributed by atoms with Crippen LogP contribution in [-0.2, 0) is 0 Å². The Balaban J connectivity index is 2.38. The quantitative estimate of drug-likeness (QED) is 0.682. The first-order valence-electron chi connectivity index (χ1n) is 5.45. The third-order valence-corrected chi connectivity index (χ3v) is 3.81. The minimum atomic E-state index is -0.503. The maximum atomic E-state index is 13.0. The Hall–Kier alpha value is -0.960. The Labute approximate surface area is 125 Å². The highest BCUT2D eigenvalue weighted by Gasteiger charge is 2.16. The van der Waals surface area contributed by atoms with E-state index in [1.165, 1.54) is 19.2 Å². The lowest BCUT2D eigenvalue weighted by Crippen LogP contribution is -1.96. The van der Waals surface area contributed by atoms with Crippen LogP contribution in [0.2, 0.25) is 10.0 Å². The number of halogens is 4. The van der Waals surface area contributed by atoms with Crippen molar-refractivity contribution < 1.29 is 9.13 Å². The summed E-state index contributed by atoms with van der Waals surface area (Å²) in [6, 6.07) is 9.34. The minimum absolute atomic E-state index is 0.284. The van der Waals surface area contributed by atoms with Gasteiger partial charge in [-0.1, -0.05) is 35.3 Å². The van der Waals surface area contributed by atoms with E-state index < -0.39 is 11.2 Å². The first kappa shape index (κ1) is 14.4. The van der Waals surface area contributed by atoms with Gasteiger partial charge in [-0.2, -0.15) is 0 Å². The van der Waals surface area contributed by atoms with E-state index in [0.29, 0.717) is 16.3 Å². The van der Waals surface area contributed by atoms with E-state index >= 15 is 0 Å². The van der Waals surface area contributed by atoms with Gasteiger partial charge in [0, 0.05) is 5.02 Å². The lowest BCUT2D eigenvalue weighted by atomic mass is 10.0. The van der Waals surface area contributed by atoms with E-state index in [2.05, 4.69) is 0 Å². The topological polar surface area (TPSA) is 9.23 Å². The van der Waals surface area contributed by atoms with Gasteiger partial charge < -0.3 is 4.74 Å². The molecule has 100 valence electrons. The van der Waals surface area contributed by atoms with Gasteiger partial charge in [0.25, 0.3) is 0 Å². The molecule has 0 aliphatic rings. The molecule has 1 unspecified atom stereocenters. The molecule has 5 heteroatoms. The fourth-order valence-electron chi connectivity index (χ4n) is 1.73.